The zero-order chi connectivity index (χ0) is 16.4. The molecule has 23 heavy (non-hydrogen) atoms. The molecule has 1 aromatic carbocycles. The molecule has 0 amide bonds. The second-order valence-corrected chi connectivity index (χ2v) is 8.00. The van der Waals surface area contributed by atoms with Gasteiger partial charge < -0.3 is 5.32 Å². The lowest BCUT2D eigenvalue weighted by molar-refractivity contribution is -0.387. The lowest BCUT2D eigenvalue weighted by Crippen LogP contribution is -2.43. The van der Waals surface area contributed by atoms with Crippen LogP contribution in [0.1, 0.15) is 25.7 Å². The van der Waals surface area contributed by atoms with Crippen LogP contribution in [0.4, 0.5) is 5.69 Å². The van der Waals surface area contributed by atoms with Crippen molar-refractivity contribution in [1.29, 1.82) is 0 Å². The first-order valence-electron chi connectivity index (χ1n) is 7.98. The van der Waals surface area contributed by atoms with Crippen molar-refractivity contribution < 1.29 is 13.3 Å². The molecule has 0 bridgehead atoms. The van der Waals surface area contributed by atoms with Crippen LogP contribution >= 0.6 is 0 Å². The van der Waals surface area contributed by atoms with E-state index in [9.17, 15) is 18.5 Å². The maximum Gasteiger partial charge on any atom is 0.289 e. The van der Waals surface area contributed by atoms with Crippen LogP contribution in [0.25, 0.3) is 0 Å². The molecule has 1 aromatic rings. The zero-order valence-electron chi connectivity index (χ0n) is 12.8. The van der Waals surface area contributed by atoms with Crippen LogP contribution in [0.2, 0.25) is 0 Å². The number of para-hydroxylation sites is 1. The standard InChI is InChI=1S/C15H21N3O4S/c19-18(20)14-4-1-2-6-15(14)23(21,22)17-11-3-5-13(17)12-7-9-16-10-8-12/h1-2,4,6,12-13,16H,3,5,7-11H2. The number of sulfonamides is 1. The SMILES string of the molecule is O=[N+]([O-])c1ccccc1S(=O)(=O)N1CCCC1C1CCNCC1. The molecule has 2 aliphatic heterocycles. The summed E-state index contributed by atoms with van der Waals surface area (Å²) in [4.78, 5) is 10.4. The third-order valence-electron chi connectivity index (χ3n) is 4.82. The van der Waals surface area contributed by atoms with Gasteiger partial charge in [0.05, 0.1) is 4.92 Å². The van der Waals surface area contributed by atoms with Crippen LogP contribution in [-0.2, 0) is 10.0 Å². The Morgan fingerprint density at radius 3 is 2.57 bits per heavy atom. The number of hydrogen-bond acceptors (Lipinski definition) is 5. The predicted molar refractivity (Wildman–Crippen MR) is 85.6 cm³/mol. The molecular formula is C15H21N3O4S. The normalized spacial score (nSPS) is 23.9. The van der Waals surface area contributed by atoms with Gasteiger partial charge in [-0.25, -0.2) is 8.42 Å². The van der Waals surface area contributed by atoms with Gasteiger partial charge in [-0.2, -0.15) is 4.31 Å². The molecule has 2 heterocycles. The smallest absolute Gasteiger partial charge is 0.289 e. The number of benzene rings is 1. The number of rotatable bonds is 4. The molecule has 0 spiro atoms. The number of nitrogens with zero attached hydrogens (tertiary/aromatic N) is 2. The van der Waals surface area contributed by atoms with Crippen LogP contribution in [0.5, 0.6) is 0 Å². The van der Waals surface area contributed by atoms with Gasteiger partial charge in [0.1, 0.15) is 0 Å². The molecule has 1 atom stereocenters. The summed E-state index contributed by atoms with van der Waals surface area (Å²) in [7, 11) is -3.84. The number of nitrogens with one attached hydrogen (secondary N) is 1. The first-order valence-corrected chi connectivity index (χ1v) is 9.42. The van der Waals surface area contributed by atoms with Gasteiger partial charge in [0.15, 0.2) is 4.90 Å². The maximum atomic E-state index is 13.0. The average molecular weight is 339 g/mol. The summed E-state index contributed by atoms with van der Waals surface area (Å²) in [5.41, 5.74) is -0.344. The first-order chi connectivity index (χ1) is 11.0. The predicted octanol–water partition coefficient (Wildman–Crippen LogP) is 1.75. The number of hydrogen-bond donors (Lipinski definition) is 1. The zero-order valence-corrected chi connectivity index (χ0v) is 13.7. The van der Waals surface area contributed by atoms with Gasteiger partial charge in [0.2, 0.25) is 10.0 Å². The van der Waals surface area contributed by atoms with E-state index >= 15 is 0 Å². The van der Waals surface area contributed by atoms with Gasteiger partial charge in [-0.1, -0.05) is 12.1 Å². The third-order valence-corrected chi connectivity index (χ3v) is 6.80. The minimum absolute atomic E-state index is 0.0399. The molecule has 0 aromatic heterocycles. The molecule has 0 saturated carbocycles. The molecule has 2 saturated heterocycles. The topological polar surface area (TPSA) is 92.5 Å². The van der Waals surface area contributed by atoms with Crippen molar-refractivity contribution >= 4 is 15.7 Å². The van der Waals surface area contributed by atoms with Gasteiger partial charge in [-0.05, 0) is 50.8 Å². The molecule has 0 aliphatic carbocycles. The second-order valence-electron chi connectivity index (χ2n) is 6.14. The third kappa shape index (κ3) is 3.11. The van der Waals surface area contributed by atoms with Crippen molar-refractivity contribution in [2.75, 3.05) is 19.6 Å². The van der Waals surface area contributed by atoms with Gasteiger partial charge in [0.25, 0.3) is 5.69 Å². The fraction of sp³-hybridized carbons (Fsp3) is 0.600. The Balaban J connectivity index is 1.94. The van der Waals surface area contributed by atoms with E-state index in [1.54, 1.807) is 0 Å². The molecule has 7 nitrogen and oxygen atoms in total. The summed E-state index contributed by atoms with van der Waals surface area (Å²) >= 11 is 0. The average Bonchev–Trinajstić information content (AvgIpc) is 3.06. The molecule has 3 rings (SSSR count). The van der Waals surface area contributed by atoms with E-state index in [1.165, 1.54) is 28.6 Å². The van der Waals surface area contributed by atoms with Crippen molar-refractivity contribution in [2.45, 2.75) is 36.6 Å². The Morgan fingerprint density at radius 1 is 1.17 bits per heavy atom. The van der Waals surface area contributed by atoms with Crippen LogP contribution < -0.4 is 5.32 Å². The Bertz CT molecular complexity index is 686. The number of nitro groups is 1. The fourth-order valence-electron chi connectivity index (χ4n) is 3.72. The van der Waals surface area contributed by atoms with E-state index in [1.807, 2.05) is 0 Å². The van der Waals surface area contributed by atoms with Crippen LogP contribution in [0.3, 0.4) is 0 Å². The van der Waals surface area contributed by atoms with E-state index < -0.39 is 14.9 Å². The molecule has 8 heteroatoms. The van der Waals surface area contributed by atoms with Crippen molar-refractivity contribution in [3.05, 3.63) is 34.4 Å². The lowest BCUT2D eigenvalue weighted by atomic mass is 9.89. The van der Waals surface area contributed by atoms with Crippen LogP contribution in [0.15, 0.2) is 29.2 Å². The van der Waals surface area contributed by atoms with Gasteiger partial charge in [-0.3, -0.25) is 10.1 Å². The molecule has 0 radical (unpaired) electrons. The van der Waals surface area contributed by atoms with E-state index in [2.05, 4.69) is 5.32 Å². The van der Waals surface area contributed by atoms with E-state index in [-0.39, 0.29) is 16.6 Å². The Labute approximate surface area is 135 Å². The molecule has 126 valence electrons. The number of piperidine rings is 1. The molecular weight excluding hydrogens is 318 g/mol. The lowest BCUT2D eigenvalue weighted by Gasteiger charge is -2.33. The molecule has 2 aliphatic rings. The van der Waals surface area contributed by atoms with Gasteiger partial charge >= 0.3 is 0 Å². The largest absolute Gasteiger partial charge is 0.317 e. The number of nitro benzene ring substituents is 1. The minimum Gasteiger partial charge on any atom is -0.317 e. The highest BCUT2D eigenvalue weighted by molar-refractivity contribution is 7.89. The van der Waals surface area contributed by atoms with E-state index in [0.29, 0.717) is 12.5 Å². The van der Waals surface area contributed by atoms with E-state index in [0.717, 1.165) is 38.8 Å². The molecule has 1 N–H and O–H groups in total. The van der Waals surface area contributed by atoms with Crippen molar-refractivity contribution in [1.82, 2.24) is 9.62 Å². The first kappa shape index (κ1) is 16.4. The Morgan fingerprint density at radius 2 is 1.87 bits per heavy atom. The fourth-order valence-corrected chi connectivity index (χ4v) is 5.63. The molecule has 1 unspecified atom stereocenters. The van der Waals surface area contributed by atoms with Crippen LogP contribution in [0, 0.1) is 16.0 Å². The maximum absolute atomic E-state index is 13.0. The summed E-state index contributed by atoms with van der Waals surface area (Å²) in [6.07, 6.45) is 3.56. The second kappa shape index (κ2) is 6.54. The highest BCUT2D eigenvalue weighted by atomic mass is 32.2. The summed E-state index contributed by atoms with van der Waals surface area (Å²) in [5, 5.41) is 14.5. The van der Waals surface area contributed by atoms with Crippen molar-refractivity contribution in [3.8, 4) is 0 Å². The summed E-state index contributed by atoms with van der Waals surface area (Å²) in [6.45, 7) is 2.25. The Kier molecular flexibility index (Phi) is 4.65. The summed E-state index contributed by atoms with van der Waals surface area (Å²) < 4.78 is 27.5. The Hall–Kier alpha value is -1.51. The molecule has 2 fully saturated rings. The highest BCUT2D eigenvalue weighted by Crippen LogP contribution is 2.36. The summed E-state index contributed by atoms with van der Waals surface area (Å²) in [5.74, 6) is 0.330. The monoisotopic (exact) mass is 339 g/mol. The van der Waals surface area contributed by atoms with Crippen molar-refractivity contribution in [2.24, 2.45) is 5.92 Å². The van der Waals surface area contributed by atoms with Gasteiger partial charge in [-0.15, -0.1) is 0 Å². The highest BCUT2D eigenvalue weighted by Gasteiger charge is 2.41. The minimum atomic E-state index is -3.84. The van der Waals surface area contributed by atoms with Crippen LogP contribution in [-0.4, -0.2) is 43.3 Å². The van der Waals surface area contributed by atoms with Crippen molar-refractivity contribution in [3.63, 3.8) is 0 Å². The van der Waals surface area contributed by atoms with Gasteiger partial charge in [0, 0.05) is 18.7 Å². The quantitative estimate of drug-likeness (QED) is 0.666. The summed E-state index contributed by atoms with van der Waals surface area (Å²) in [6, 6.07) is 5.58. The van der Waals surface area contributed by atoms with E-state index in [4.69, 9.17) is 0 Å².